The minimum absolute atomic E-state index is 0.0364. The van der Waals surface area contributed by atoms with E-state index < -0.39 is 6.10 Å². The van der Waals surface area contributed by atoms with Crippen LogP contribution in [-0.4, -0.2) is 27.8 Å². The van der Waals surface area contributed by atoms with Crippen molar-refractivity contribution in [1.82, 2.24) is 4.98 Å². The number of benzene rings is 2. The molecule has 158 valence electrons. The lowest BCUT2D eigenvalue weighted by molar-refractivity contribution is -0.120. The maximum Gasteiger partial charge on any atom is 0.158 e. The van der Waals surface area contributed by atoms with Gasteiger partial charge in [0.2, 0.25) is 0 Å². The number of hydrogen-bond acceptors (Lipinski definition) is 4. The van der Waals surface area contributed by atoms with E-state index in [2.05, 4.69) is 0 Å². The van der Waals surface area contributed by atoms with Crippen molar-refractivity contribution in [2.75, 3.05) is 0 Å². The van der Waals surface area contributed by atoms with Crippen molar-refractivity contribution < 1.29 is 19.1 Å². The van der Waals surface area contributed by atoms with Crippen LogP contribution in [0.15, 0.2) is 54.6 Å². The summed E-state index contributed by atoms with van der Waals surface area (Å²) in [4.78, 5) is 28.5. The molecule has 1 saturated carbocycles. The zero-order valence-electron chi connectivity index (χ0n) is 17.3. The molecule has 0 radical (unpaired) electrons. The first-order valence-corrected chi connectivity index (χ1v) is 10.5. The Kier molecular flexibility index (Phi) is 6.05. The van der Waals surface area contributed by atoms with Gasteiger partial charge in [-0.05, 0) is 55.7 Å². The third-order valence-corrected chi connectivity index (χ3v) is 5.45. The van der Waals surface area contributed by atoms with Crippen molar-refractivity contribution in [2.24, 2.45) is 0 Å². The lowest BCUT2D eigenvalue weighted by Gasteiger charge is -2.15. The van der Waals surface area contributed by atoms with Crippen molar-refractivity contribution in [2.45, 2.75) is 44.6 Å². The van der Waals surface area contributed by atoms with Crippen LogP contribution in [0.2, 0.25) is 0 Å². The molecule has 0 bridgehead atoms. The summed E-state index contributed by atoms with van der Waals surface area (Å²) in [6.07, 6.45) is 4.17. The molecular formula is C26H24FNO3. The van der Waals surface area contributed by atoms with Crippen LogP contribution in [0.4, 0.5) is 4.39 Å². The van der Waals surface area contributed by atoms with E-state index in [0.29, 0.717) is 5.92 Å². The highest BCUT2D eigenvalue weighted by Gasteiger charge is 2.29. The van der Waals surface area contributed by atoms with E-state index >= 15 is 0 Å². The monoisotopic (exact) mass is 417 g/mol. The first-order valence-electron chi connectivity index (χ1n) is 10.5. The van der Waals surface area contributed by atoms with Crippen molar-refractivity contribution in [1.29, 1.82) is 0 Å². The minimum Gasteiger partial charge on any atom is -0.392 e. The molecule has 1 aliphatic rings. The number of para-hydroxylation sites is 1. The Labute approximate surface area is 180 Å². The van der Waals surface area contributed by atoms with Gasteiger partial charge in [0.05, 0.1) is 17.3 Å². The van der Waals surface area contributed by atoms with Crippen LogP contribution in [0.3, 0.4) is 0 Å². The molecule has 1 fully saturated rings. The Hall–Kier alpha value is -3.18. The summed E-state index contributed by atoms with van der Waals surface area (Å²) < 4.78 is 13.6. The summed E-state index contributed by atoms with van der Waals surface area (Å²) in [5, 5.41) is 10.8. The normalized spacial score (nSPS) is 14.8. The number of aliphatic hydroxyl groups excluding tert-OH is 1. The number of ketones is 2. The summed E-state index contributed by atoms with van der Waals surface area (Å²) in [5.41, 5.74) is 4.42. The number of nitrogens with zero attached hydrogens (tertiary/aromatic N) is 1. The van der Waals surface area contributed by atoms with Crippen LogP contribution in [0.5, 0.6) is 0 Å². The number of allylic oxidation sites excluding steroid dienone is 1. The van der Waals surface area contributed by atoms with E-state index in [9.17, 15) is 19.1 Å². The third-order valence-electron chi connectivity index (χ3n) is 5.45. The molecule has 0 spiro atoms. The van der Waals surface area contributed by atoms with Gasteiger partial charge in [-0.25, -0.2) is 4.39 Å². The van der Waals surface area contributed by atoms with Crippen LogP contribution in [0, 0.1) is 5.82 Å². The molecule has 5 heteroatoms. The number of aromatic nitrogens is 1. The number of rotatable bonds is 8. The van der Waals surface area contributed by atoms with Gasteiger partial charge in [0.15, 0.2) is 5.78 Å². The molecule has 1 aliphatic carbocycles. The van der Waals surface area contributed by atoms with E-state index in [1.165, 1.54) is 25.1 Å². The Morgan fingerprint density at radius 2 is 1.84 bits per heavy atom. The maximum absolute atomic E-state index is 13.6. The number of Topliss-reactive ketones (excluding diaryl/α,β-unsaturated/α-hetero) is 1. The van der Waals surface area contributed by atoms with E-state index in [-0.39, 0.29) is 30.2 Å². The van der Waals surface area contributed by atoms with Gasteiger partial charge in [-0.2, -0.15) is 0 Å². The zero-order chi connectivity index (χ0) is 22.0. The van der Waals surface area contributed by atoms with Crippen LogP contribution in [-0.2, 0) is 9.59 Å². The number of fused-ring (bicyclic) bond motifs is 1. The molecule has 0 amide bonds. The van der Waals surface area contributed by atoms with E-state index in [0.717, 1.165) is 46.1 Å². The van der Waals surface area contributed by atoms with Gasteiger partial charge in [-0.3, -0.25) is 14.6 Å². The second kappa shape index (κ2) is 8.90. The fourth-order valence-corrected chi connectivity index (χ4v) is 3.89. The smallest absolute Gasteiger partial charge is 0.158 e. The predicted octanol–water partition coefficient (Wildman–Crippen LogP) is 5.23. The highest BCUT2D eigenvalue weighted by Crippen LogP contribution is 2.45. The summed E-state index contributed by atoms with van der Waals surface area (Å²) in [6, 6.07) is 14.2. The van der Waals surface area contributed by atoms with Gasteiger partial charge in [-0.15, -0.1) is 0 Å². The summed E-state index contributed by atoms with van der Waals surface area (Å²) in [5.74, 6) is -0.385. The van der Waals surface area contributed by atoms with Crippen LogP contribution in [0.1, 0.15) is 49.8 Å². The van der Waals surface area contributed by atoms with Gasteiger partial charge in [0.25, 0.3) is 0 Å². The molecule has 2 aromatic carbocycles. The zero-order valence-corrected chi connectivity index (χ0v) is 17.3. The molecule has 1 atom stereocenters. The van der Waals surface area contributed by atoms with Crippen molar-refractivity contribution in [3.8, 4) is 11.1 Å². The van der Waals surface area contributed by atoms with Crippen molar-refractivity contribution in [3.05, 3.63) is 71.7 Å². The molecule has 1 aromatic heterocycles. The first kappa shape index (κ1) is 21.1. The Bertz CT molecular complexity index is 1160. The lowest BCUT2D eigenvalue weighted by atomic mass is 9.92. The number of pyridine rings is 1. The summed E-state index contributed by atoms with van der Waals surface area (Å²) in [6.45, 7) is 1.39. The van der Waals surface area contributed by atoms with E-state index in [1.807, 2.05) is 24.3 Å². The molecule has 31 heavy (non-hydrogen) atoms. The molecular weight excluding hydrogens is 393 g/mol. The average Bonchev–Trinajstić information content (AvgIpc) is 3.56. The topological polar surface area (TPSA) is 67.3 Å². The number of hydrogen-bond donors (Lipinski definition) is 1. The number of halogens is 1. The second-order valence-electron chi connectivity index (χ2n) is 8.15. The van der Waals surface area contributed by atoms with Gasteiger partial charge < -0.3 is 5.11 Å². The molecule has 1 heterocycles. The van der Waals surface area contributed by atoms with Crippen molar-refractivity contribution >= 4 is 28.5 Å². The second-order valence-corrected chi connectivity index (χ2v) is 8.15. The van der Waals surface area contributed by atoms with Crippen LogP contribution >= 0.6 is 0 Å². The van der Waals surface area contributed by atoms with E-state index in [1.54, 1.807) is 18.2 Å². The molecule has 4 rings (SSSR count). The van der Waals surface area contributed by atoms with Gasteiger partial charge >= 0.3 is 0 Å². The summed E-state index contributed by atoms with van der Waals surface area (Å²) >= 11 is 0. The average molecular weight is 417 g/mol. The number of carbonyl (C=O) groups excluding carboxylic acids is 2. The highest BCUT2D eigenvalue weighted by molar-refractivity contribution is 6.02. The molecule has 0 aliphatic heterocycles. The quantitative estimate of drug-likeness (QED) is 0.510. The predicted molar refractivity (Wildman–Crippen MR) is 119 cm³/mol. The molecule has 0 unspecified atom stereocenters. The van der Waals surface area contributed by atoms with E-state index in [4.69, 9.17) is 4.98 Å². The van der Waals surface area contributed by atoms with Crippen LogP contribution in [0.25, 0.3) is 28.1 Å². The highest BCUT2D eigenvalue weighted by atomic mass is 19.1. The fourth-order valence-electron chi connectivity index (χ4n) is 3.89. The Balaban J connectivity index is 1.80. The number of carbonyl (C=O) groups is 2. The van der Waals surface area contributed by atoms with Gasteiger partial charge in [-0.1, -0.05) is 30.3 Å². The largest absolute Gasteiger partial charge is 0.392 e. The molecule has 0 saturated heterocycles. The molecule has 1 N–H and O–H groups in total. The molecule has 3 aromatic rings. The van der Waals surface area contributed by atoms with Gasteiger partial charge in [0, 0.05) is 35.3 Å². The maximum atomic E-state index is 13.6. The van der Waals surface area contributed by atoms with Gasteiger partial charge in [0.1, 0.15) is 11.6 Å². The number of aliphatic hydroxyl groups is 1. The Morgan fingerprint density at radius 3 is 2.52 bits per heavy atom. The van der Waals surface area contributed by atoms with Crippen molar-refractivity contribution in [3.63, 3.8) is 0 Å². The minimum atomic E-state index is -0.983. The fraction of sp³-hybridized carbons (Fsp3) is 0.269. The third kappa shape index (κ3) is 4.94. The van der Waals surface area contributed by atoms with Crippen LogP contribution < -0.4 is 0 Å². The SMILES string of the molecule is CC(=O)C[C@H](O)CC(=O)/C=C/c1c(C2CC2)nc2ccccc2c1-c1ccc(F)cc1. The lowest BCUT2D eigenvalue weighted by Crippen LogP contribution is -2.15. The first-order chi connectivity index (χ1) is 14.9. The Morgan fingerprint density at radius 1 is 1.13 bits per heavy atom. The summed E-state index contributed by atoms with van der Waals surface area (Å²) in [7, 11) is 0. The molecule has 4 nitrogen and oxygen atoms in total. The standard InChI is InChI=1S/C26H24FNO3/c1-16(29)14-21(31)15-20(30)12-13-23-25(17-8-10-19(27)11-9-17)22-4-2-3-5-24(22)28-26(23)18-6-7-18/h2-5,8-13,18,21,31H,6-7,14-15H2,1H3/b13-12+/t21-/m0/s1.